The SMILES string of the molecule is CNCC1CCN(c2ccc(F)cc2I)C1. The van der Waals surface area contributed by atoms with Gasteiger partial charge in [-0.25, -0.2) is 4.39 Å². The van der Waals surface area contributed by atoms with E-state index in [1.54, 1.807) is 12.1 Å². The van der Waals surface area contributed by atoms with Gasteiger partial charge in [-0.05, 0) is 66.7 Å². The second-order valence-electron chi connectivity index (χ2n) is 4.25. The first-order valence-electron chi connectivity index (χ1n) is 5.55. The number of rotatable bonds is 3. The fourth-order valence-electron chi connectivity index (χ4n) is 2.24. The van der Waals surface area contributed by atoms with Gasteiger partial charge in [0.05, 0.1) is 5.69 Å². The van der Waals surface area contributed by atoms with Crippen LogP contribution in [0.2, 0.25) is 0 Å². The van der Waals surface area contributed by atoms with Crippen molar-refractivity contribution in [2.24, 2.45) is 5.92 Å². The molecule has 1 aliphatic rings. The van der Waals surface area contributed by atoms with E-state index >= 15 is 0 Å². The van der Waals surface area contributed by atoms with E-state index < -0.39 is 0 Å². The van der Waals surface area contributed by atoms with Crippen LogP contribution in [0.3, 0.4) is 0 Å². The summed E-state index contributed by atoms with van der Waals surface area (Å²) in [6, 6.07) is 5.03. The molecule has 0 saturated carbocycles. The van der Waals surface area contributed by atoms with Gasteiger partial charge < -0.3 is 10.2 Å². The standard InChI is InChI=1S/C12H16FIN2/c1-15-7-9-4-5-16(8-9)12-3-2-10(13)6-11(12)14/h2-3,6,9,15H,4-5,7-8H2,1H3. The summed E-state index contributed by atoms with van der Waals surface area (Å²) in [7, 11) is 1.99. The van der Waals surface area contributed by atoms with Crippen molar-refractivity contribution in [2.75, 3.05) is 31.6 Å². The van der Waals surface area contributed by atoms with E-state index in [0.29, 0.717) is 5.92 Å². The van der Waals surface area contributed by atoms with Gasteiger partial charge in [0.25, 0.3) is 0 Å². The van der Waals surface area contributed by atoms with Crippen molar-refractivity contribution >= 4 is 28.3 Å². The minimum absolute atomic E-state index is 0.154. The third kappa shape index (κ3) is 2.66. The Morgan fingerprint density at radius 3 is 3.06 bits per heavy atom. The highest BCUT2D eigenvalue weighted by Crippen LogP contribution is 2.28. The Bertz CT molecular complexity index is 370. The minimum Gasteiger partial charge on any atom is -0.370 e. The van der Waals surface area contributed by atoms with Crippen molar-refractivity contribution in [1.29, 1.82) is 0 Å². The van der Waals surface area contributed by atoms with Crippen LogP contribution in [0.5, 0.6) is 0 Å². The maximum atomic E-state index is 13.0. The first-order chi connectivity index (χ1) is 7.70. The number of benzene rings is 1. The molecule has 1 fully saturated rings. The van der Waals surface area contributed by atoms with Gasteiger partial charge in [-0.1, -0.05) is 0 Å². The van der Waals surface area contributed by atoms with E-state index in [2.05, 4.69) is 32.8 Å². The predicted molar refractivity (Wildman–Crippen MR) is 73.4 cm³/mol. The van der Waals surface area contributed by atoms with Crippen LogP contribution in [0.4, 0.5) is 10.1 Å². The molecule has 1 saturated heterocycles. The summed E-state index contributed by atoms with van der Waals surface area (Å²) in [5.74, 6) is 0.560. The molecule has 4 heteroatoms. The molecule has 0 bridgehead atoms. The highest BCUT2D eigenvalue weighted by molar-refractivity contribution is 14.1. The van der Waals surface area contributed by atoms with Crippen molar-refractivity contribution in [2.45, 2.75) is 6.42 Å². The molecule has 1 aromatic rings. The highest BCUT2D eigenvalue weighted by Gasteiger charge is 2.23. The summed E-state index contributed by atoms with van der Waals surface area (Å²) in [5.41, 5.74) is 1.17. The molecule has 88 valence electrons. The first-order valence-corrected chi connectivity index (χ1v) is 6.63. The molecule has 2 rings (SSSR count). The lowest BCUT2D eigenvalue weighted by molar-refractivity contribution is 0.549. The zero-order chi connectivity index (χ0) is 11.5. The summed E-state index contributed by atoms with van der Waals surface area (Å²) < 4.78 is 14.0. The molecular weight excluding hydrogens is 318 g/mol. The highest BCUT2D eigenvalue weighted by atomic mass is 127. The fraction of sp³-hybridized carbons (Fsp3) is 0.500. The van der Waals surface area contributed by atoms with Crippen molar-refractivity contribution in [3.8, 4) is 0 Å². The summed E-state index contributed by atoms with van der Waals surface area (Å²) >= 11 is 2.21. The van der Waals surface area contributed by atoms with E-state index in [-0.39, 0.29) is 5.82 Å². The smallest absolute Gasteiger partial charge is 0.124 e. The van der Waals surface area contributed by atoms with E-state index in [1.165, 1.54) is 12.1 Å². The van der Waals surface area contributed by atoms with Crippen LogP contribution >= 0.6 is 22.6 Å². The molecular formula is C12H16FIN2. The summed E-state index contributed by atoms with van der Waals surface area (Å²) in [6.07, 6.45) is 1.22. The van der Waals surface area contributed by atoms with Gasteiger partial charge in [-0.15, -0.1) is 0 Å². The fourth-order valence-corrected chi connectivity index (χ4v) is 3.06. The Morgan fingerprint density at radius 1 is 1.56 bits per heavy atom. The van der Waals surface area contributed by atoms with Crippen molar-refractivity contribution < 1.29 is 4.39 Å². The van der Waals surface area contributed by atoms with E-state index in [0.717, 1.165) is 23.2 Å². The maximum absolute atomic E-state index is 13.0. The van der Waals surface area contributed by atoms with Gasteiger partial charge in [0, 0.05) is 16.7 Å². The van der Waals surface area contributed by atoms with Gasteiger partial charge in [0.15, 0.2) is 0 Å². The quantitative estimate of drug-likeness (QED) is 0.855. The van der Waals surface area contributed by atoms with E-state index in [9.17, 15) is 4.39 Å². The molecule has 0 spiro atoms. The number of hydrogen-bond donors (Lipinski definition) is 1. The van der Waals surface area contributed by atoms with Gasteiger partial charge in [-0.3, -0.25) is 0 Å². The molecule has 1 atom stereocenters. The Hall–Kier alpha value is -0.360. The van der Waals surface area contributed by atoms with Crippen LogP contribution in [0.25, 0.3) is 0 Å². The van der Waals surface area contributed by atoms with Gasteiger partial charge in [0.2, 0.25) is 0 Å². The van der Waals surface area contributed by atoms with Gasteiger partial charge in [0.1, 0.15) is 5.82 Å². The normalized spacial score (nSPS) is 20.4. The number of halogens is 2. The number of nitrogens with one attached hydrogen (secondary N) is 1. The van der Waals surface area contributed by atoms with Crippen LogP contribution in [-0.2, 0) is 0 Å². The van der Waals surface area contributed by atoms with Crippen LogP contribution in [-0.4, -0.2) is 26.7 Å². The third-order valence-corrected chi connectivity index (χ3v) is 3.89. The summed E-state index contributed by atoms with van der Waals surface area (Å²) in [5, 5.41) is 3.22. The van der Waals surface area contributed by atoms with Crippen LogP contribution in [0.15, 0.2) is 18.2 Å². The summed E-state index contributed by atoms with van der Waals surface area (Å²) in [6.45, 7) is 3.21. The molecule has 0 radical (unpaired) electrons. The molecule has 2 nitrogen and oxygen atoms in total. The van der Waals surface area contributed by atoms with E-state index in [4.69, 9.17) is 0 Å². The molecule has 0 aromatic heterocycles. The summed E-state index contributed by atoms with van der Waals surface area (Å²) in [4.78, 5) is 2.35. The molecule has 1 aromatic carbocycles. The number of nitrogens with zero attached hydrogens (tertiary/aromatic N) is 1. The zero-order valence-corrected chi connectivity index (χ0v) is 11.5. The predicted octanol–water partition coefficient (Wildman–Crippen LogP) is 2.48. The Labute approximate surface area is 109 Å². The minimum atomic E-state index is -0.154. The van der Waals surface area contributed by atoms with Gasteiger partial charge >= 0.3 is 0 Å². The van der Waals surface area contributed by atoms with Crippen molar-refractivity contribution in [3.05, 3.63) is 27.6 Å². The van der Waals surface area contributed by atoms with Gasteiger partial charge in [-0.2, -0.15) is 0 Å². The van der Waals surface area contributed by atoms with E-state index in [1.807, 2.05) is 13.1 Å². The first kappa shape index (κ1) is 12.1. The van der Waals surface area contributed by atoms with Crippen LogP contribution < -0.4 is 10.2 Å². The largest absolute Gasteiger partial charge is 0.370 e. The van der Waals surface area contributed by atoms with Crippen molar-refractivity contribution in [3.63, 3.8) is 0 Å². The number of anilines is 1. The Morgan fingerprint density at radius 2 is 2.38 bits per heavy atom. The lowest BCUT2D eigenvalue weighted by Crippen LogP contribution is -2.24. The Kier molecular flexibility index (Phi) is 4.02. The lowest BCUT2D eigenvalue weighted by Gasteiger charge is -2.20. The third-order valence-electron chi connectivity index (χ3n) is 3.03. The monoisotopic (exact) mass is 334 g/mol. The van der Waals surface area contributed by atoms with Crippen molar-refractivity contribution in [1.82, 2.24) is 5.32 Å². The lowest BCUT2D eigenvalue weighted by atomic mass is 10.1. The Balaban J connectivity index is 2.08. The number of hydrogen-bond acceptors (Lipinski definition) is 2. The molecule has 1 heterocycles. The maximum Gasteiger partial charge on any atom is 0.124 e. The topological polar surface area (TPSA) is 15.3 Å². The average molecular weight is 334 g/mol. The molecule has 0 aliphatic carbocycles. The molecule has 1 N–H and O–H groups in total. The average Bonchev–Trinajstić information content (AvgIpc) is 2.67. The molecule has 0 amide bonds. The second-order valence-corrected chi connectivity index (χ2v) is 5.42. The molecule has 16 heavy (non-hydrogen) atoms. The molecule has 1 aliphatic heterocycles. The van der Waals surface area contributed by atoms with Crippen LogP contribution in [0.1, 0.15) is 6.42 Å². The zero-order valence-electron chi connectivity index (χ0n) is 9.34. The molecule has 1 unspecified atom stereocenters. The van der Waals surface area contributed by atoms with Crippen LogP contribution in [0, 0.1) is 15.3 Å². The second kappa shape index (κ2) is 5.31.